The van der Waals surface area contributed by atoms with Crippen LogP contribution in [0.5, 0.6) is 5.75 Å². The maximum Gasteiger partial charge on any atom is 0.255 e. The van der Waals surface area contributed by atoms with Crippen molar-refractivity contribution in [2.45, 2.75) is 38.6 Å². The van der Waals surface area contributed by atoms with Crippen LogP contribution < -0.4 is 15.4 Å². The monoisotopic (exact) mass is 564 g/mol. The van der Waals surface area contributed by atoms with Crippen molar-refractivity contribution in [3.05, 3.63) is 64.7 Å². The zero-order chi connectivity index (χ0) is 24.9. The fourth-order valence-corrected chi connectivity index (χ4v) is 4.90. The van der Waals surface area contributed by atoms with Crippen LogP contribution >= 0.6 is 24.8 Å². The normalized spacial score (nSPS) is 19.3. The van der Waals surface area contributed by atoms with E-state index in [0.717, 1.165) is 57.1 Å². The number of morpholine rings is 1. The topological polar surface area (TPSA) is 100 Å². The van der Waals surface area contributed by atoms with E-state index in [2.05, 4.69) is 39.8 Å². The molecule has 2 saturated heterocycles. The molecule has 5 rings (SSSR count). The van der Waals surface area contributed by atoms with Crippen molar-refractivity contribution in [2.75, 3.05) is 39.4 Å². The van der Waals surface area contributed by atoms with Gasteiger partial charge in [-0.05, 0) is 29.7 Å². The average molecular weight is 565 g/mol. The number of imide groups is 1. The lowest BCUT2D eigenvalue weighted by atomic mass is 10.0. The number of benzene rings is 2. The third-order valence-corrected chi connectivity index (χ3v) is 6.99. The second-order valence-electron chi connectivity index (χ2n) is 9.42. The Kier molecular flexibility index (Phi) is 10.9. The summed E-state index contributed by atoms with van der Waals surface area (Å²) in [5.41, 5.74) is 3.59. The molecule has 9 nitrogen and oxygen atoms in total. The molecule has 2 aromatic carbocycles. The van der Waals surface area contributed by atoms with Gasteiger partial charge in [-0.2, -0.15) is 0 Å². The molecular weight excluding hydrogens is 531 g/mol. The number of hydrogen-bond acceptors (Lipinski definition) is 7. The van der Waals surface area contributed by atoms with Gasteiger partial charge in [-0.3, -0.25) is 24.6 Å². The van der Waals surface area contributed by atoms with Crippen molar-refractivity contribution in [1.82, 2.24) is 20.4 Å². The molecule has 3 aliphatic heterocycles. The number of halogens is 2. The Morgan fingerprint density at radius 3 is 2.47 bits per heavy atom. The van der Waals surface area contributed by atoms with E-state index in [1.54, 1.807) is 17.0 Å². The van der Waals surface area contributed by atoms with Gasteiger partial charge < -0.3 is 19.7 Å². The Balaban J connectivity index is 0.00000200. The first-order valence-electron chi connectivity index (χ1n) is 12.6. The number of rotatable bonds is 9. The van der Waals surface area contributed by atoms with Gasteiger partial charge in [0.05, 0.1) is 19.8 Å². The Labute approximate surface area is 235 Å². The SMILES string of the molecule is Cl.Cl.O=C1CCC(N2Cc3c(OCc4ccc(CNCCN5CCOCC5)cc4)cccc3C2=O)C(=O)N1. The molecule has 206 valence electrons. The van der Waals surface area contributed by atoms with E-state index in [0.29, 0.717) is 30.9 Å². The average Bonchev–Trinajstić information content (AvgIpc) is 3.23. The third kappa shape index (κ3) is 7.03. The summed E-state index contributed by atoms with van der Waals surface area (Å²) in [6.45, 7) is 7.12. The Morgan fingerprint density at radius 2 is 1.74 bits per heavy atom. The van der Waals surface area contributed by atoms with Gasteiger partial charge in [0.15, 0.2) is 0 Å². The predicted molar refractivity (Wildman–Crippen MR) is 147 cm³/mol. The molecule has 11 heteroatoms. The lowest BCUT2D eigenvalue weighted by Gasteiger charge is -2.29. The first kappa shape index (κ1) is 29.9. The summed E-state index contributed by atoms with van der Waals surface area (Å²) >= 11 is 0. The number of amides is 3. The minimum Gasteiger partial charge on any atom is -0.489 e. The van der Waals surface area contributed by atoms with E-state index in [1.165, 1.54) is 5.56 Å². The fraction of sp³-hybridized carbons (Fsp3) is 0.444. The van der Waals surface area contributed by atoms with E-state index in [4.69, 9.17) is 9.47 Å². The minimum atomic E-state index is -0.634. The Hall–Kier alpha value is -2.69. The third-order valence-electron chi connectivity index (χ3n) is 6.99. The molecule has 1 atom stereocenters. The molecule has 3 heterocycles. The largest absolute Gasteiger partial charge is 0.489 e. The highest BCUT2D eigenvalue weighted by Gasteiger charge is 2.40. The van der Waals surface area contributed by atoms with Crippen molar-refractivity contribution in [2.24, 2.45) is 0 Å². The van der Waals surface area contributed by atoms with Gasteiger partial charge in [-0.1, -0.05) is 30.3 Å². The lowest BCUT2D eigenvalue weighted by molar-refractivity contribution is -0.136. The van der Waals surface area contributed by atoms with Crippen LogP contribution in [0.3, 0.4) is 0 Å². The molecule has 3 aliphatic rings. The van der Waals surface area contributed by atoms with Crippen molar-refractivity contribution in [3.63, 3.8) is 0 Å². The zero-order valence-electron chi connectivity index (χ0n) is 21.1. The van der Waals surface area contributed by atoms with Crippen molar-refractivity contribution in [1.29, 1.82) is 0 Å². The molecule has 2 aromatic rings. The quantitative estimate of drug-likeness (QED) is 0.356. The molecule has 0 aliphatic carbocycles. The summed E-state index contributed by atoms with van der Waals surface area (Å²) in [6.07, 6.45) is 0.578. The maximum atomic E-state index is 13.0. The second-order valence-corrected chi connectivity index (χ2v) is 9.42. The summed E-state index contributed by atoms with van der Waals surface area (Å²) in [4.78, 5) is 40.7. The van der Waals surface area contributed by atoms with Crippen LogP contribution in [0.1, 0.15) is 39.9 Å². The van der Waals surface area contributed by atoms with Crippen molar-refractivity contribution >= 4 is 42.5 Å². The first-order valence-corrected chi connectivity index (χ1v) is 12.6. The Bertz CT molecular complexity index is 1120. The van der Waals surface area contributed by atoms with Crippen molar-refractivity contribution in [3.8, 4) is 5.75 Å². The smallest absolute Gasteiger partial charge is 0.255 e. The standard InChI is InChI=1S/C27H32N4O5.2ClH/c32-25-9-8-23(26(33)29-25)31-17-22-21(27(31)34)2-1-3-24(22)36-18-20-6-4-19(5-7-20)16-28-10-11-30-12-14-35-15-13-30;;/h1-7,23,28H,8-18H2,(H,29,32,33);2*1H. The number of fused-ring (bicyclic) bond motifs is 1. The highest BCUT2D eigenvalue weighted by Crippen LogP contribution is 2.33. The van der Waals surface area contributed by atoms with Crippen LogP contribution in [0.15, 0.2) is 42.5 Å². The van der Waals surface area contributed by atoms with E-state index in [9.17, 15) is 14.4 Å². The summed E-state index contributed by atoms with van der Waals surface area (Å²) in [6, 6.07) is 13.1. The van der Waals surface area contributed by atoms with Gasteiger partial charge in [0.25, 0.3) is 5.91 Å². The number of hydrogen-bond donors (Lipinski definition) is 2. The molecular formula is C27H34Cl2N4O5. The van der Waals surface area contributed by atoms with E-state index < -0.39 is 11.9 Å². The summed E-state index contributed by atoms with van der Waals surface area (Å²) in [5, 5.41) is 5.83. The fourth-order valence-electron chi connectivity index (χ4n) is 4.90. The summed E-state index contributed by atoms with van der Waals surface area (Å²) in [5.74, 6) is -0.260. The highest BCUT2D eigenvalue weighted by molar-refractivity contribution is 6.05. The Morgan fingerprint density at radius 1 is 1.00 bits per heavy atom. The molecule has 0 spiro atoms. The number of piperidine rings is 1. The number of carbonyl (C=O) groups excluding carboxylic acids is 3. The maximum absolute atomic E-state index is 13.0. The zero-order valence-corrected chi connectivity index (χ0v) is 22.8. The molecule has 0 saturated carbocycles. The summed E-state index contributed by atoms with van der Waals surface area (Å²) in [7, 11) is 0. The number of nitrogens with zero attached hydrogens (tertiary/aromatic N) is 2. The van der Waals surface area contributed by atoms with Crippen LogP contribution in [0.4, 0.5) is 0 Å². The van der Waals surface area contributed by atoms with Crippen LogP contribution in [-0.2, 0) is 34.0 Å². The van der Waals surface area contributed by atoms with Gasteiger partial charge in [-0.25, -0.2) is 0 Å². The van der Waals surface area contributed by atoms with Gasteiger partial charge >= 0.3 is 0 Å². The number of nitrogens with one attached hydrogen (secondary N) is 2. The van der Waals surface area contributed by atoms with Gasteiger partial charge in [0.1, 0.15) is 18.4 Å². The van der Waals surface area contributed by atoms with E-state index in [-0.39, 0.29) is 43.0 Å². The molecule has 0 radical (unpaired) electrons. The van der Waals surface area contributed by atoms with Crippen LogP contribution in [-0.4, -0.2) is 73.0 Å². The second kappa shape index (κ2) is 13.9. The molecule has 0 bridgehead atoms. The molecule has 3 amide bonds. The van der Waals surface area contributed by atoms with Crippen LogP contribution in [0, 0.1) is 0 Å². The number of carbonyl (C=O) groups is 3. The van der Waals surface area contributed by atoms with Gasteiger partial charge in [0, 0.05) is 50.3 Å². The molecule has 2 N–H and O–H groups in total. The highest BCUT2D eigenvalue weighted by atomic mass is 35.5. The molecule has 1 unspecified atom stereocenters. The molecule has 2 fully saturated rings. The van der Waals surface area contributed by atoms with Gasteiger partial charge in [-0.15, -0.1) is 24.8 Å². The van der Waals surface area contributed by atoms with Gasteiger partial charge in [0.2, 0.25) is 11.8 Å². The number of ether oxygens (including phenoxy) is 2. The lowest BCUT2D eigenvalue weighted by Crippen LogP contribution is -2.52. The molecule has 38 heavy (non-hydrogen) atoms. The van der Waals surface area contributed by atoms with E-state index >= 15 is 0 Å². The van der Waals surface area contributed by atoms with Crippen LogP contribution in [0.25, 0.3) is 0 Å². The molecule has 0 aromatic heterocycles. The van der Waals surface area contributed by atoms with Crippen molar-refractivity contribution < 1.29 is 23.9 Å². The predicted octanol–water partition coefficient (Wildman–Crippen LogP) is 2.29. The minimum absolute atomic E-state index is 0. The van der Waals surface area contributed by atoms with E-state index in [1.807, 2.05) is 6.07 Å². The van der Waals surface area contributed by atoms with Crippen LogP contribution in [0.2, 0.25) is 0 Å². The summed E-state index contributed by atoms with van der Waals surface area (Å²) < 4.78 is 11.5. The first-order chi connectivity index (χ1) is 17.6.